The molecule has 0 aliphatic heterocycles. The summed E-state index contributed by atoms with van der Waals surface area (Å²) in [7, 11) is 0. The van der Waals surface area contributed by atoms with Crippen molar-refractivity contribution < 1.29 is 45.1 Å². The first kappa shape index (κ1) is 24.8. The number of esters is 1. The summed E-state index contributed by atoms with van der Waals surface area (Å²) in [6.45, 7) is 1.78. The van der Waals surface area contributed by atoms with Gasteiger partial charge in [-0.15, -0.1) is 0 Å². The normalized spacial score (nSPS) is 14.0. The van der Waals surface area contributed by atoms with Crippen LogP contribution >= 0.6 is 11.8 Å². The number of hydrogen-bond donors (Lipinski definition) is 1. The predicted molar refractivity (Wildman–Crippen MR) is 81.4 cm³/mol. The van der Waals surface area contributed by atoms with E-state index in [-0.39, 0.29) is 18.8 Å². The first-order valence-corrected chi connectivity index (χ1v) is 9.01. The van der Waals surface area contributed by atoms with Crippen molar-refractivity contribution in [1.82, 2.24) is 5.32 Å². The molecular formula is C14H20F7NO3S. The maximum Gasteiger partial charge on any atom is 0.460 e. The van der Waals surface area contributed by atoms with Crippen molar-refractivity contribution >= 4 is 23.6 Å². The van der Waals surface area contributed by atoms with E-state index in [9.17, 15) is 40.3 Å². The minimum Gasteiger partial charge on any atom is -0.464 e. The van der Waals surface area contributed by atoms with Gasteiger partial charge in [0.05, 0.1) is 6.61 Å². The molecule has 0 bridgehead atoms. The number of carbonyl (C=O) groups excluding carboxylic acids is 2. The Morgan fingerprint density at radius 3 is 2.12 bits per heavy atom. The molecule has 0 heterocycles. The number of unbranched alkanes of at least 4 members (excludes halogenated alkanes) is 2. The molecule has 0 radical (unpaired) electrons. The van der Waals surface area contributed by atoms with Crippen LogP contribution in [0.2, 0.25) is 0 Å². The van der Waals surface area contributed by atoms with Crippen LogP contribution in [0.1, 0.15) is 32.6 Å². The summed E-state index contributed by atoms with van der Waals surface area (Å²) in [6, 6.07) is -1.76. The van der Waals surface area contributed by atoms with E-state index in [0.29, 0.717) is 12.8 Å². The minimum atomic E-state index is -6.64. The Hall–Kier alpha value is -1.20. The van der Waals surface area contributed by atoms with Crippen molar-refractivity contribution in [3.8, 4) is 0 Å². The summed E-state index contributed by atoms with van der Waals surface area (Å²) in [5.41, 5.74) is 0. The first-order valence-electron chi connectivity index (χ1n) is 7.61. The average molecular weight is 415 g/mol. The molecule has 0 rings (SSSR count). The molecule has 0 aromatic carbocycles. The summed E-state index contributed by atoms with van der Waals surface area (Å²) in [5, 5.41) is 1.25. The molecule has 1 N–H and O–H groups in total. The molecule has 12 heteroatoms. The second-order valence-corrected chi connectivity index (χ2v) is 6.31. The Bertz CT molecular complexity index is 472. The Morgan fingerprint density at radius 1 is 1.08 bits per heavy atom. The van der Waals surface area contributed by atoms with E-state index < -0.39 is 35.9 Å². The van der Waals surface area contributed by atoms with E-state index in [1.165, 1.54) is 5.32 Å². The van der Waals surface area contributed by atoms with E-state index in [4.69, 9.17) is 4.74 Å². The number of hydrogen-bond acceptors (Lipinski definition) is 4. The average Bonchev–Trinajstić information content (AvgIpc) is 2.53. The summed E-state index contributed by atoms with van der Waals surface area (Å²) in [5.74, 6) is -16.6. The minimum absolute atomic E-state index is 0.0899. The van der Waals surface area contributed by atoms with Crippen LogP contribution in [0.4, 0.5) is 30.7 Å². The summed E-state index contributed by atoms with van der Waals surface area (Å²) < 4.78 is 93.6. The van der Waals surface area contributed by atoms with E-state index in [1.54, 1.807) is 6.26 Å². The number of ether oxygens (including phenoxy) is 1. The lowest BCUT2D eigenvalue weighted by atomic mass is 10.1. The third-order valence-corrected chi connectivity index (χ3v) is 3.87. The fraction of sp³-hybridized carbons (Fsp3) is 0.857. The van der Waals surface area contributed by atoms with Crippen LogP contribution in [0.15, 0.2) is 0 Å². The number of alkyl halides is 7. The second kappa shape index (κ2) is 10.2. The molecule has 0 saturated heterocycles. The van der Waals surface area contributed by atoms with Crippen LogP contribution in [0.3, 0.4) is 0 Å². The first-order chi connectivity index (χ1) is 11.8. The van der Waals surface area contributed by atoms with Gasteiger partial charge in [-0.25, -0.2) is 4.79 Å². The molecule has 0 aliphatic carbocycles. The molecule has 1 amide bonds. The van der Waals surface area contributed by atoms with Gasteiger partial charge in [0, 0.05) is 0 Å². The maximum absolute atomic E-state index is 13.3. The van der Waals surface area contributed by atoms with Crippen molar-refractivity contribution in [1.29, 1.82) is 0 Å². The Kier molecular flexibility index (Phi) is 9.74. The molecule has 1 atom stereocenters. The molecule has 1 unspecified atom stereocenters. The molecule has 0 aromatic heterocycles. The SMILES string of the molecule is CCCCCOC(=O)C(CCSC)NC(=O)C(F)(F)C(F)(F)C(F)(F)F. The van der Waals surface area contributed by atoms with Gasteiger partial charge in [0.2, 0.25) is 0 Å². The topological polar surface area (TPSA) is 55.4 Å². The number of rotatable bonds is 11. The molecule has 0 saturated carbocycles. The van der Waals surface area contributed by atoms with E-state index in [1.807, 2.05) is 6.92 Å². The number of halogens is 7. The number of nitrogens with one attached hydrogen (secondary N) is 1. The zero-order chi connectivity index (χ0) is 20.6. The van der Waals surface area contributed by atoms with Crippen LogP contribution in [0.5, 0.6) is 0 Å². The summed E-state index contributed by atoms with van der Waals surface area (Å²) in [6.07, 6.45) is -3.38. The highest BCUT2D eigenvalue weighted by molar-refractivity contribution is 7.98. The van der Waals surface area contributed by atoms with Crippen LogP contribution < -0.4 is 5.32 Å². The summed E-state index contributed by atoms with van der Waals surface area (Å²) >= 11 is 1.15. The highest BCUT2D eigenvalue weighted by atomic mass is 32.2. The Balaban J connectivity index is 5.14. The van der Waals surface area contributed by atoms with Crippen molar-refractivity contribution in [2.24, 2.45) is 0 Å². The number of thioether (sulfide) groups is 1. The maximum atomic E-state index is 13.3. The van der Waals surface area contributed by atoms with Crippen molar-refractivity contribution in [2.45, 2.75) is 56.7 Å². The standard InChI is InChI=1S/C14H20F7NO3S/c1-3-4-5-7-25-10(23)9(6-8-26-2)22-11(24)12(15,16)13(17,18)14(19,20)21/h9H,3-8H2,1-2H3,(H,22,24). The third kappa shape index (κ3) is 6.51. The third-order valence-electron chi connectivity index (χ3n) is 3.23. The largest absolute Gasteiger partial charge is 0.464 e. The van der Waals surface area contributed by atoms with Crippen LogP contribution in [0, 0.1) is 0 Å². The lowest BCUT2D eigenvalue weighted by Gasteiger charge is -2.28. The zero-order valence-electron chi connectivity index (χ0n) is 14.1. The zero-order valence-corrected chi connectivity index (χ0v) is 14.9. The Morgan fingerprint density at radius 2 is 1.65 bits per heavy atom. The van der Waals surface area contributed by atoms with Crippen LogP contribution in [-0.4, -0.2) is 54.6 Å². The molecule has 26 heavy (non-hydrogen) atoms. The summed E-state index contributed by atoms with van der Waals surface area (Å²) in [4.78, 5) is 23.2. The molecular weight excluding hydrogens is 395 g/mol. The second-order valence-electron chi connectivity index (χ2n) is 5.33. The van der Waals surface area contributed by atoms with Gasteiger partial charge in [-0.2, -0.15) is 42.5 Å². The fourth-order valence-electron chi connectivity index (χ4n) is 1.68. The van der Waals surface area contributed by atoms with Crippen LogP contribution in [-0.2, 0) is 14.3 Å². The van der Waals surface area contributed by atoms with E-state index in [0.717, 1.165) is 18.2 Å². The highest BCUT2D eigenvalue weighted by Crippen LogP contribution is 2.46. The quantitative estimate of drug-likeness (QED) is 0.317. The van der Waals surface area contributed by atoms with Gasteiger partial charge in [0.25, 0.3) is 5.91 Å². The molecule has 0 aliphatic rings. The van der Waals surface area contributed by atoms with E-state index >= 15 is 0 Å². The molecule has 0 spiro atoms. The molecule has 4 nitrogen and oxygen atoms in total. The van der Waals surface area contributed by atoms with Crippen molar-refractivity contribution in [2.75, 3.05) is 18.6 Å². The van der Waals surface area contributed by atoms with Gasteiger partial charge >= 0.3 is 24.0 Å². The number of amides is 1. The molecule has 0 fully saturated rings. The molecule has 0 aromatic rings. The lowest BCUT2D eigenvalue weighted by Crippen LogP contribution is -2.61. The van der Waals surface area contributed by atoms with Gasteiger partial charge in [-0.1, -0.05) is 19.8 Å². The molecule has 154 valence electrons. The van der Waals surface area contributed by atoms with Gasteiger partial charge in [-0.3, -0.25) is 4.79 Å². The number of carbonyl (C=O) groups is 2. The van der Waals surface area contributed by atoms with Crippen LogP contribution in [0.25, 0.3) is 0 Å². The van der Waals surface area contributed by atoms with E-state index in [2.05, 4.69) is 0 Å². The van der Waals surface area contributed by atoms with Crippen molar-refractivity contribution in [3.63, 3.8) is 0 Å². The van der Waals surface area contributed by atoms with Crippen molar-refractivity contribution in [3.05, 3.63) is 0 Å². The predicted octanol–water partition coefficient (Wildman–Crippen LogP) is 3.79. The van der Waals surface area contributed by atoms with Gasteiger partial charge in [0.1, 0.15) is 6.04 Å². The Labute approximate surface area is 150 Å². The highest BCUT2D eigenvalue weighted by Gasteiger charge is 2.76. The van der Waals surface area contributed by atoms with Gasteiger partial charge in [-0.05, 0) is 24.9 Å². The fourth-order valence-corrected chi connectivity index (χ4v) is 2.15. The smallest absolute Gasteiger partial charge is 0.460 e. The van der Waals surface area contributed by atoms with Gasteiger partial charge in [0.15, 0.2) is 0 Å². The lowest BCUT2D eigenvalue weighted by molar-refractivity contribution is -0.344. The van der Waals surface area contributed by atoms with Gasteiger partial charge < -0.3 is 10.1 Å². The monoisotopic (exact) mass is 415 g/mol.